The molecular formula is C37H40N3O4S2+. The summed E-state index contributed by atoms with van der Waals surface area (Å²) < 4.78 is 15.7. The van der Waals surface area contributed by atoms with E-state index in [1.165, 1.54) is 23.1 Å². The Labute approximate surface area is 279 Å². The number of rotatable bonds is 8. The molecule has 0 N–H and O–H groups in total. The number of nitrogens with zero attached hydrogens (tertiary/aromatic N) is 3. The summed E-state index contributed by atoms with van der Waals surface area (Å²) in [4.78, 5) is 31.9. The summed E-state index contributed by atoms with van der Waals surface area (Å²) in [6.07, 6.45) is 9.64. The molecule has 4 aliphatic rings. The lowest BCUT2D eigenvalue weighted by atomic mass is 9.45. The van der Waals surface area contributed by atoms with Crippen molar-refractivity contribution in [1.82, 2.24) is 4.98 Å². The second-order valence-corrected chi connectivity index (χ2v) is 16.0. The molecule has 3 saturated carbocycles. The van der Waals surface area contributed by atoms with Crippen LogP contribution in [0.5, 0.6) is 0 Å². The monoisotopic (exact) mass is 654 g/mol. The van der Waals surface area contributed by atoms with Gasteiger partial charge in [-0.15, -0.1) is 17.9 Å². The van der Waals surface area contributed by atoms with Gasteiger partial charge in [-0.05, 0) is 48.6 Å². The number of Topliss-reactive ketones (excluding diaryl/α,β-unsaturated/α-hetero) is 1. The molecule has 3 heterocycles. The number of hydrogen-bond donors (Lipinski definition) is 0. The van der Waals surface area contributed by atoms with Gasteiger partial charge in [-0.25, -0.2) is 9.55 Å². The highest BCUT2D eigenvalue weighted by Gasteiger charge is 2.73. The Morgan fingerprint density at radius 3 is 2.72 bits per heavy atom. The number of ketones is 1. The molecule has 1 saturated heterocycles. The number of carbonyl (C=O) groups excluding carboxylic acids is 2. The fourth-order valence-electron chi connectivity index (χ4n) is 9.02. The molecule has 0 unspecified atom stereocenters. The fourth-order valence-corrected chi connectivity index (χ4v) is 10.6. The van der Waals surface area contributed by atoms with Crippen LogP contribution in [0.3, 0.4) is 0 Å². The molecule has 46 heavy (non-hydrogen) atoms. The first-order valence-corrected chi connectivity index (χ1v) is 18.1. The van der Waals surface area contributed by atoms with Crippen LogP contribution in [0, 0.1) is 39.9 Å². The first-order chi connectivity index (χ1) is 22.1. The van der Waals surface area contributed by atoms with Crippen LogP contribution in [0.1, 0.15) is 64.0 Å². The normalized spacial score (nSPS) is 34.4. The lowest BCUT2D eigenvalue weighted by Gasteiger charge is -2.58. The second kappa shape index (κ2) is 11.7. The zero-order chi connectivity index (χ0) is 32.3. The van der Waals surface area contributed by atoms with E-state index in [0.717, 1.165) is 40.4 Å². The van der Waals surface area contributed by atoms with E-state index in [9.17, 15) is 9.59 Å². The predicted molar refractivity (Wildman–Crippen MR) is 177 cm³/mol. The molecule has 2 bridgehead atoms. The standard InChI is InChI=1S/C37H40N3O4S2/c1-5-37-18-30(35(4)23(2)10-14-36(24(3)33(37)44-37)15-11-29(41)32(35)36)43-31(42)22-46-34-39-28(21-45-34)27-12-16-40(17-13-27)20-26-8-6-25(19-38)7-9-26/h5-9,12-13,16-17,21,23-24,30,32-33H,1,10-11,14-15,18,20,22H2,2-4H3/q+1/t23-,24+,30-,32+,33+,35+,36+,37+/m1/s1. The van der Waals surface area contributed by atoms with Gasteiger partial charge in [0.05, 0.1) is 29.2 Å². The molecule has 1 aromatic carbocycles. The Morgan fingerprint density at radius 1 is 1.24 bits per heavy atom. The fraction of sp³-hybridized carbons (Fsp3) is 0.486. The topological polar surface area (TPSA) is 96.5 Å². The summed E-state index contributed by atoms with van der Waals surface area (Å²) >= 11 is 2.91. The van der Waals surface area contributed by atoms with E-state index < -0.39 is 17.1 Å². The van der Waals surface area contributed by atoms with Crippen LogP contribution in [0.4, 0.5) is 0 Å². The van der Waals surface area contributed by atoms with Crippen LogP contribution in [-0.2, 0) is 25.6 Å². The number of benzene rings is 1. The number of thioether (sulfide) groups is 1. The van der Waals surface area contributed by atoms with Crippen molar-refractivity contribution in [3.8, 4) is 17.3 Å². The maximum Gasteiger partial charge on any atom is 0.316 e. The number of ether oxygens (including phenoxy) is 2. The molecule has 238 valence electrons. The second-order valence-electron chi connectivity index (χ2n) is 14.0. The van der Waals surface area contributed by atoms with Gasteiger partial charge in [-0.1, -0.05) is 50.7 Å². The van der Waals surface area contributed by atoms with Crippen LogP contribution in [-0.4, -0.2) is 40.3 Å². The van der Waals surface area contributed by atoms with E-state index in [-0.39, 0.29) is 41.0 Å². The lowest BCUT2D eigenvalue weighted by molar-refractivity contribution is -0.688. The van der Waals surface area contributed by atoms with Crippen LogP contribution >= 0.6 is 23.1 Å². The van der Waals surface area contributed by atoms with Crippen molar-refractivity contribution < 1.29 is 23.6 Å². The number of fused-ring (bicyclic) bond motifs is 1. The van der Waals surface area contributed by atoms with Crippen molar-refractivity contribution in [2.24, 2.45) is 28.6 Å². The number of thiazole rings is 1. The van der Waals surface area contributed by atoms with Gasteiger partial charge < -0.3 is 9.47 Å². The molecule has 4 fully saturated rings. The minimum absolute atomic E-state index is 0.0177. The molecule has 3 aliphatic carbocycles. The van der Waals surface area contributed by atoms with Gasteiger partial charge in [0.2, 0.25) is 0 Å². The van der Waals surface area contributed by atoms with E-state index in [2.05, 4.69) is 38.0 Å². The van der Waals surface area contributed by atoms with Gasteiger partial charge in [0, 0.05) is 52.8 Å². The van der Waals surface area contributed by atoms with E-state index in [1.54, 1.807) is 0 Å². The summed E-state index contributed by atoms with van der Waals surface area (Å²) in [5.41, 5.74) is 2.58. The van der Waals surface area contributed by atoms with Crippen molar-refractivity contribution >= 4 is 34.9 Å². The van der Waals surface area contributed by atoms with Crippen molar-refractivity contribution in [2.45, 2.75) is 81.6 Å². The van der Waals surface area contributed by atoms with E-state index in [0.29, 0.717) is 30.7 Å². The molecular weight excluding hydrogens is 615 g/mol. The molecule has 3 aromatic rings. The minimum Gasteiger partial charge on any atom is -0.461 e. The molecule has 1 aliphatic heterocycles. The number of carbonyl (C=O) groups is 2. The van der Waals surface area contributed by atoms with Crippen molar-refractivity contribution in [1.29, 1.82) is 5.26 Å². The van der Waals surface area contributed by atoms with Crippen LogP contribution in [0.25, 0.3) is 11.3 Å². The van der Waals surface area contributed by atoms with Gasteiger partial charge in [-0.2, -0.15) is 5.26 Å². The Hall–Kier alpha value is -3.32. The molecule has 2 aromatic heterocycles. The van der Waals surface area contributed by atoms with Crippen molar-refractivity contribution in [3.05, 3.63) is 78.0 Å². The van der Waals surface area contributed by atoms with E-state index in [1.807, 2.05) is 60.2 Å². The number of aromatic nitrogens is 2. The molecule has 0 radical (unpaired) electrons. The minimum atomic E-state index is -0.500. The Balaban J connectivity index is 1.03. The molecule has 7 rings (SSSR count). The third kappa shape index (κ3) is 5.14. The first kappa shape index (κ1) is 31.3. The van der Waals surface area contributed by atoms with Crippen LogP contribution in [0.2, 0.25) is 0 Å². The quantitative estimate of drug-likeness (QED) is 0.0868. The highest BCUT2D eigenvalue weighted by atomic mass is 32.2. The Kier molecular flexibility index (Phi) is 7.98. The highest BCUT2D eigenvalue weighted by Crippen LogP contribution is 2.70. The maximum atomic E-state index is 13.6. The largest absolute Gasteiger partial charge is 0.461 e. The van der Waals surface area contributed by atoms with E-state index >= 15 is 0 Å². The summed E-state index contributed by atoms with van der Waals surface area (Å²) in [6.45, 7) is 11.6. The number of hydrogen-bond acceptors (Lipinski definition) is 8. The van der Waals surface area contributed by atoms with Crippen LogP contribution in [0.15, 0.2) is 71.2 Å². The number of esters is 1. The smallest absolute Gasteiger partial charge is 0.316 e. The molecule has 0 amide bonds. The number of nitriles is 1. The van der Waals surface area contributed by atoms with Crippen LogP contribution < -0.4 is 4.57 Å². The average Bonchev–Trinajstić information content (AvgIpc) is 3.37. The Bertz CT molecular complexity index is 1720. The Morgan fingerprint density at radius 2 is 2.00 bits per heavy atom. The molecule has 0 spiro atoms. The third-order valence-corrected chi connectivity index (χ3v) is 13.8. The van der Waals surface area contributed by atoms with Gasteiger partial charge >= 0.3 is 5.97 Å². The zero-order valence-corrected chi connectivity index (χ0v) is 28.2. The number of epoxide rings is 1. The third-order valence-electron chi connectivity index (χ3n) is 11.8. The van der Waals surface area contributed by atoms with Crippen molar-refractivity contribution in [3.63, 3.8) is 0 Å². The van der Waals surface area contributed by atoms with Crippen molar-refractivity contribution in [2.75, 3.05) is 5.75 Å². The molecule has 7 nitrogen and oxygen atoms in total. The summed E-state index contributed by atoms with van der Waals surface area (Å²) in [5.74, 6) is 0.592. The summed E-state index contributed by atoms with van der Waals surface area (Å²) in [7, 11) is 0. The molecule has 9 heteroatoms. The summed E-state index contributed by atoms with van der Waals surface area (Å²) in [5, 5.41) is 11.0. The zero-order valence-electron chi connectivity index (χ0n) is 26.6. The maximum absolute atomic E-state index is 13.6. The van der Waals surface area contributed by atoms with Gasteiger partial charge in [0.25, 0.3) is 0 Å². The van der Waals surface area contributed by atoms with Gasteiger partial charge in [-0.3, -0.25) is 9.59 Å². The number of pyridine rings is 1. The molecule has 8 atom stereocenters. The average molecular weight is 655 g/mol. The van der Waals surface area contributed by atoms with Gasteiger partial charge in [0.15, 0.2) is 23.3 Å². The summed E-state index contributed by atoms with van der Waals surface area (Å²) in [6, 6.07) is 13.8. The van der Waals surface area contributed by atoms with E-state index in [4.69, 9.17) is 19.7 Å². The van der Waals surface area contributed by atoms with Gasteiger partial charge in [0.1, 0.15) is 17.5 Å². The first-order valence-electron chi connectivity index (χ1n) is 16.2. The predicted octanol–water partition coefficient (Wildman–Crippen LogP) is 6.79. The lowest BCUT2D eigenvalue weighted by Crippen LogP contribution is -2.60. The highest BCUT2D eigenvalue weighted by molar-refractivity contribution is 8.01. The SMILES string of the molecule is C=C[C@]12C[C@@H](OC(=O)CSc3nc(-c4cc[n+](Cc5ccc(C#N)cc5)cc4)cs3)[C@]3(C)[C@H](C)CC[C@]4(CCC(=O)[C@H]43)[C@@H](C)[C@@H]1O2.